The lowest BCUT2D eigenvalue weighted by molar-refractivity contribution is -0.116. The third kappa shape index (κ3) is 6.64. The molecule has 0 atom stereocenters. The van der Waals surface area contributed by atoms with Gasteiger partial charge in [-0.15, -0.1) is 11.8 Å². The first-order chi connectivity index (χ1) is 9.13. The van der Waals surface area contributed by atoms with Gasteiger partial charge in [0.05, 0.1) is 5.69 Å². The van der Waals surface area contributed by atoms with E-state index in [-0.39, 0.29) is 5.91 Å². The predicted octanol–water partition coefficient (Wildman–Crippen LogP) is 3.94. The SMILES string of the molecule is COCCCCC(=O)Nc1ccccc1SC(C)C. The van der Waals surface area contributed by atoms with Crippen molar-refractivity contribution in [1.82, 2.24) is 0 Å². The maximum absolute atomic E-state index is 11.9. The third-order valence-corrected chi connectivity index (χ3v) is 3.61. The van der Waals surface area contributed by atoms with Gasteiger partial charge in [-0.25, -0.2) is 0 Å². The van der Waals surface area contributed by atoms with E-state index >= 15 is 0 Å². The van der Waals surface area contributed by atoms with E-state index in [1.165, 1.54) is 0 Å². The molecule has 1 aromatic carbocycles. The average Bonchev–Trinajstić information content (AvgIpc) is 2.36. The molecule has 0 aromatic heterocycles. The molecule has 1 rings (SSSR count). The molecule has 4 heteroatoms. The molecular formula is C15H23NO2S. The van der Waals surface area contributed by atoms with Gasteiger partial charge < -0.3 is 10.1 Å². The van der Waals surface area contributed by atoms with Crippen molar-refractivity contribution >= 4 is 23.4 Å². The summed E-state index contributed by atoms with van der Waals surface area (Å²) in [6.45, 7) is 5.01. The Hall–Kier alpha value is -1.00. The zero-order valence-corrected chi connectivity index (χ0v) is 12.8. The molecule has 0 fully saturated rings. The predicted molar refractivity (Wildman–Crippen MR) is 81.8 cm³/mol. The van der Waals surface area contributed by atoms with Crippen molar-refractivity contribution in [2.24, 2.45) is 0 Å². The van der Waals surface area contributed by atoms with Crippen LogP contribution in [-0.2, 0) is 9.53 Å². The number of carbonyl (C=O) groups excluding carboxylic acids is 1. The first kappa shape index (κ1) is 16.1. The van der Waals surface area contributed by atoms with E-state index in [0.29, 0.717) is 18.3 Å². The lowest BCUT2D eigenvalue weighted by Crippen LogP contribution is -2.12. The van der Waals surface area contributed by atoms with Crippen molar-refractivity contribution in [3.8, 4) is 0 Å². The molecule has 3 nitrogen and oxygen atoms in total. The highest BCUT2D eigenvalue weighted by atomic mass is 32.2. The molecule has 106 valence electrons. The van der Waals surface area contributed by atoms with Gasteiger partial charge in [0.15, 0.2) is 0 Å². The average molecular weight is 281 g/mol. The summed E-state index contributed by atoms with van der Waals surface area (Å²) in [4.78, 5) is 13.0. The van der Waals surface area contributed by atoms with Crippen LogP contribution in [0.25, 0.3) is 0 Å². The normalized spacial score (nSPS) is 10.7. The summed E-state index contributed by atoms with van der Waals surface area (Å²) < 4.78 is 4.97. The van der Waals surface area contributed by atoms with Crippen LogP contribution in [0.15, 0.2) is 29.2 Å². The van der Waals surface area contributed by atoms with Crippen molar-refractivity contribution < 1.29 is 9.53 Å². The molecule has 0 spiro atoms. The summed E-state index contributed by atoms with van der Waals surface area (Å²) in [6.07, 6.45) is 2.33. The number of ether oxygens (including phenoxy) is 1. The molecule has 0 aliphatic carbocycles. The quantitative estimate of drug-likeness (QED) is 0.579. The minimum Gasteiger partial charge on any atom is -0.385 e. The summed E-state index contributed by atoms with van der Waals surface area (Å²) >= 11 is 1.76. The van der Waals surface area contributed by atoms with Crippen molar-refractivity contribution in [3.05, 3.63) is 24.3 Å². The number of benzene rings is 1. The monoisotopic (exact) mass is 281 g/mol. The van der Waals surface area contributed by atoms with E-state index in [4.69, 9.17) is 4.74 Å². The zero-order valence-electron chi connectivity index (χ0n) is 11.9. The molecule has 1 aromatic rings. The molecule has 0 heterocycles. The van der Waals surface area contributed by atoms with Gasteiger partial charge >= 0.3 is 0 Å². The van der Waals surface area contributed by atoms with Crippen LogP contribution >= 0.6 is 11.8 Å². The summed E-state index contributed by atoms with van der Waals surface area (Å²) in [7, 11) is 1.68. The molecule has 0 aliphatic rings. The molecule has 0 aliphatic heterocycles. The van der Waals surface area contributed by atoms with Crippen molar-refractivity contribution in [2.45, 2.75) is 43.3 Å². The number of unbranched alkanes of at least 4 members (excludes halogenated alkanes) is 1. The summed E-state index contributed by atoms with van der Waals surface area (Å²) in [5, 5.41) is 3.49. The fourth-order valence-corrected chi connectivity index (χ4v) is 2.58. The number of nitrogens with one attached hydrogen (secondary N) is 1. The second kappa shape index (κ2) is 8.99. The Labute approximate surface area is 120 Å². The molecule has 0 bridgehead atoms. The minimum absolute atomic E-state index is 0.0768. The van der Waals surface area contributed by atoms with Crippen molar-refractivity contribution in [3.63, 3.8) is 0 Å². The van der Waals surface area contributed by atoms with Gasteiger partial charge in [-0.1, -0.05) is 26.0 Å². The Morgan fingerprint density at radius 1 is 1.32 bits per heavy atom. The highest BCUT2D eigenvalue weighted by Gasteiger charge is 2.08. The number of hydrogen-bond donors (Lipinski definition) is 1. The number of carbonyl (C=O) groups is 1. The van der Waals surface area contributed by atoms with E-state index in [1.807, 2.05) is 24.3 Å². The van der Waals surface area contributed by atoms with Crippen LogP contribution in [0.3, 0.4) is 0 Å². The molecule has 0 saturated heterocycles. The second-order valence-electron chi connectivity index (χ2n) is 4.66. The zero-order chi connectivity index (χ0) is 14.1. The maximum atomic E-state index is 11.9. The van der Waals surface area contributed by atoms with Crippen LogP contribution in [-0.4, -0.2) is 24.9 Å². The van der Waals surface area contributed by atoms with Gasteiger partial charge in [0.25, 0.3) is 0 Å². The Bertz CT molecular complexity index is 393. The molecule has 1 amide bonds. The van der Waals surface area contributed by atoms with Gasteiger partial charge in [0.2, 0.25) is 5.91 Å². The number of hydrogen-bond acceptors (Lipinski definition) is 3. The highest BCUT2D eigenvalue weighted by molar-refractivity contribution is 8.00. The first-order valence-electron chi connectivity index (χ1n) is 6.68. The first-order valence-corrected chi connectivity index (χ1v) is 7.56. The van der Waals surface area contributed by atoms with Gasteiger partial charge in [0, 0.05) is 30.3 Å². The fraction of sp³-hybridized carbons (Fsp3) is 0.533. The Balaban J connectivity index is 2.49. The number of rotatable bonds is 8. The van der Waals surface area contributed by atoms with Crippen molar-refractivity contribution in [2.75, 3.05) is 19.0 Å². The molecule has 0 saturated carbocycles. The smallest absolute Gasteiger partial charge is 0.224 e. The fourth-order valence-electron chi connectivity index (χ4n) is 1.67. The van der Waals surface area contributed by atoms with Crippen LogP contribution in [0.2, 0.25) is 0 Å². The van der Waals surface area contributed by atoms with Crippen LogP contribution in [0.4, 0.5) is 5.69 Å². The van der Waals surface area contributed by atoms with E-state index in [2.05, 4.69) is 19.2 Å². The standard InChI is InChI=1S/C15H23NO2S/c1-12(2)19-14-9-5-4-8-13(14)16-15(17)10-6-7-11-18-3/h4-5,8-9,12H,6-7,10-11H2,1-3H3,(H,16,17). The van der Waals surface area contributed by atoms with Crippen LogP contribution < -0.4 is 5.32 Å². The summed E-state index contributed by atoms with van der Waals surface area (Å²) in [5.74, 6) is 0.0768. The number of para-hydroxylation sites is 1. The van der Waals surface area contributed by atoms with Gasteiger partial charge in [-0.05, 0) is 25.0 Å². The van der Waals surface area contributed by atoms with E-state index in [9.17, 15) is 4.79 Å². The maximum Gasteiger partial charge on any atom is 0.224 e. The van der Waals surface area contributed by atoms with Gasteiger partial charge in [-0.3, -0.25) is 4.79 Å². The third-order valence-electron chi connectivity index (χ3n) is 2.53. The number of amides is 1. The Morgan fingerprint density at radius 3 is 2.74 bits per heavy atom. The lowest BCUT2D eigenvalue weighted by atomic mass is 10.2. The molecule has 1 N–H and O–H groups in total. The van der Waals surface area contributed by atoms with Crippen LogP contribution in [0, 0.1) is 0 Å². The molecule has 19 heavy (non-hydrogen) atoms. The summed E-state index contributed by atoms with van der Waals surface area (Å²) in [6, 6.07) is 7.95. The number of anilines is 1. The topological polar surface area (TPSA) is 38.3 Å². The second-order valence-corrected chi connectivity index (χ2v) is 6.28. The lowest BCUT2D eigenvalue weighted by Gasteiger charge is -2.12. The van der Waals surface area contributed by atoms with Crippen molar-refractivity contribution in [1.29, 1.82) is 0 Å². The molecule has 0 unspecified atom stereocenters. The highest BCUT2D eigenvalue weighted by Crippen LogP contribution is 2.30. The molecular weight excluding hydrogens is 258 g/mol. The van der Waals surface area contributed by atoms with E-state index < -0.39 is 0 Å². The van der Waals surface area contributed by atoms with Gasteiger partial charge in [0.1, 0.15) is 0 Å². The number of methoxy groups -OCH3 is 1. The Morgan fingerprint density at radius 2 is 2.05 bits per heavy atom. The number of thioether (sulfide) groups is 1. The van der Waals surface area contributed by atoms with Crippen LogP contribution in [0.5, 0.6) is 0 Å². The Kier molecular flexibility index (Phi) is 7.60. The van der Waals surface area contributed by atoms with E-state index in [1.54, 1.807) is 18.9 Å². The largest absolute Gasteiger partial charge is 0.385 e. The molecule has 0 radical (unpaired) electrons. The minimum atomic E-state index is 0.0768. The van der Waals surface area contributed by atoms with Gasteiger partial charge in [-0.2, -0.15) is 0 Å². The van der Waals surface area contributed by atoms with E-state index in [0.717, 1.165) is 23.4 Å². The summed E-state index contributed by atoms with van der Waals surface area (Å²) in [5.41, 5.74) is 0.915. The van der Waals surface area contributed by atoms with Crippen LogP contribution in [0.1, 0.15) is 33.1 Å².